The lowest BCUT2D eigenvalue weighted by molar-refractivity contribution is -0.00794. The van der Waals surface area contributed by atoms with Gasteiger partial charge in [0.1, 0.15) is 0 Å². The fraction of sp³-hybridized carbons (Fsp3) is 0.500. The van der Waals surface area contributed by atoms with Gasteiger partial charge in [-0.3, -0.25) is 4.79 Å². The number of fused-ring (bicyclic) bond motifs is 2. The van der Waals surface area contributed by atoms with E-state index in [1.54, 1.807) is 28.6 Å². The maximum Gasteiger partial charge on any atom is 0.258 e. The molecule has 1 amide bonds. The predicted octanol–water partition coefficient (Wildman–Crippen LogP) is 5.49. The number of sulfonamides is 1. The third kappa shape index (κ3) is 3.41. The quantitative estimate of drug-likeness (QED) is 0.529. The third-order valence-corrected chi connectivity index (χ3v) is 10.8. The van der Waals surface area contributed by atoms with E-state index in [9.17, 15) is 13.2 Å². The molecule has 2 aromatic rings. The zero-order chi connectivity index (χ0) is 22.8. The minimum absolute atomic E-state index is 0.00539. The molecular weight excluding hydrogens is 500 g/mol. The minimum atomic E-state index is -3.57. The Bertz CT molecular complexity index is 1220. The molecule has 2 spiro atoms. The van der Waals surface area contributed by atoms with Gasteiger partial charge in [0.25, 0.3) is 5.91 Å². The molecule has 0 radical (unpaired) electrons. The van der Waals surface area contributed by atoms with Gasteiger partial charge in [-0.2, -0.15) is 4.31 Å². The molecule has 2 heterocycles. The molecule has 0 bridgehead atoms. The highest BCUT2D eigenvalue weighted by Crippen LogP contribution is 2.51. The highest BCUT2D eigenvalue weighted by molar-refractivity contribution is 9.10. The van der Waals surface area contributed by atoms with Crippen LogP contribution in [0.1, 0.15) is 67.3 Å². The topological polar surface area (TPSA) is 57.7 Å². The smallest absolute Gasteiger partial charge is 0.258 e. The second-order valence-electron chi connectivity index (χ2n) is 10.5. The van der Waals surface area contributed by atoms with Gasteiger partial charge in [-0.15, -0.1) is 0 Å². The third-order valence-electron chi connectivity index (χ3n) is 8.49. The van der Waals surface area contributed by atoms with Crippen LogP contribution in [0.5, 0.6) is 0 Å². The molecule has 5 nitrogen and oxygen atoms in total. The van der Waals surface area contributed by atoms with E-state index in [4.69, 9.17) is 0 Å². The van der Waals surface area contributed by atoms with Crippen LogP contribution in [0.3, 0.4) is 0 Å². The first-order chi connectivity index (χ1) is 15.8. The Labute approximate surface area is 204 Å². The van der Waals surface area contributed by atoms with Crippen molar-refractivity contribution in [3.05, 3.63) is 58.1 Å². The highest BCUT2D eigenvalue weighted by atomic mass is 79.9. The van der Waals surface area contributed by atoms with Crippen LogP contribution in [0, 0.1) is 5.41 Å². The summed E-state index contributed by atoms with van der Waals surface area (Å²) < 4.78 is 29.0. The van der Waals surface area contributed by atoms with Gasteiger partial charge < -0.3 is 4.90 Å². The number of benzene rings is 2. The first-order valence-corrected chi connectivity index (χ1v) is 14.3. The van der Waals surface area contributed by atoms with Crippen LogP contribution < -0.4 is 4.90 Å². The first kappa shape index (κ1) is 21.8. The zero-order valence-corrected chi connectivity index (χ0v) is 21.1. The molecule has 0 N–H and O–H groups in total. The van der Waals surface area contributed by atoms with Crippen molar-refractivity contribution in [1.82, 2.24) is 4.31 Å². The van der Waals surface area contributed by atoms with E-state index in [1.165, 1.54) is 31.2 Å². The van der Waals surface area contributed by atoms with Crippen molar-refractivity contribution >= 4 is 37.5 Å². The van der Waals surface area contributed by atoms with Crippen molar-refractivity contribution in [2.75, 3.05) is 24.5 Å². The van der Waals surface area contributed by atoms with Gasteiger partial charge in [0.05, 0.1) is 4.90 Å². The van der Waals surface area contributed by atoms with E-state index in [1.807, 2.05) is 17.0 Å². The molecule has 2 saturated carbocycles. The Morgan fingerprint density at radius 1 is 0.879 bits per heavy atom. The molecule has 4 aliphatic rings. The lowest BCUT2D eigenvalue weighted by atomic mass is 9.65. The maximum absolute atomic E-state index is 13.7. The largest absolute Gasteiger partial charge is 0.307 e. The summed E-state index contributed by atoms with van der Waals surface area (Å²) >= 11 is 3.62. The average molecular weight is 530 g/mol. The van der Waals surface area contributed by atoms with Gasteiger partial charge in [0, 0.05) is 40.8 Å². The van der Waals surface area contributed by atoms with Crippen LogP contribution in [0.25, 0.3) is 0 Å². The molecule has 174 valence electrons. The summed E-state index contributed by atoms with van der Waals surface area (Å²) in [6, 6.07) is 12.8. The van der Waals surface area contributed by atoms with Crippen LogP contribution in [-0.2, 0) is 15.4 Å². The molecule has 7 heteroatoms. The SMILES string of the molecule is O=C(c1cccc(S(=O)(=O)N2CC3(CCC3)C2)c1)N1CC2(CCCCC2)c2cc(Br)ccc21. The molecule has 0 aromatic heterocycles. The number of halogens is 1. The monoisotopic (exact) mass is 528 g/mol. The number of carbonyl (C=O) groups is 1. The van der Waals surface area contributed by atoms with Gasteiger partial charge >= 0.3 is 0 Å². The van der Waals surface area contributed by atoms with E-state index in [-0.39, 0.29) is 21.6 Å². The number of carbonyl (C=O) groups excluding carboxylic acids is 1. The van der Waals surface area contributed by atoms with Crippen LogP contribution >= 0.6 is 15.9 Å². The zero-order valence-electron chi connectivity index (χ0n) is 18.7. The van der Waals surface area contributed by atoms with Crippen molar-refractivity contribution in [2.24, 2.45) is 5.41 Å². The number of hydrogen-bond acceptors (Lipinski definition) is 3. The van der Waals surface area contributed by atoms with Crippen molar-refractivity contribution in [3.8, 4) is 0 Å². The number of hydrogen-bond donors (Lipinski definition) is 0. The van der Waals surface area contributed by atoms with Crippen LogP contribution in [-0.4, -0.2) is 38.3 Å². The molecule has 2 aliphatic heterocycles. The molecule has 0 atom stereocenters. The molecule has 1 saturated heterocycles. The lowest BCUT2D eigenvalue weighted by Crippen LogP contribution is -2.61. The molecule has 2 aliphatic carbocycles. The number of anilines is 1. The Balaban J connectivity index is 1.30. The van der Waals surface area contributed by atoms with Crippen molar-refractivity contribution in [2.45, 2.75) is 61.7 Å². The summed E-state index contributed by atoms with van der Waals surface area (Å²) in [6.07, 6.45) is 9.24. The Morgan fingerprint density at radius 3 is 2.33 bits per heavy atom. The summed E-state index contributed by atoms with van der Waals surface area (Å²) in [6.45, 7) is 1.90. The van der Waals surface area contributed by atoms with Crippen LogP contribution in [0.15, 0.2) is 51.8 Å². The standard InChI is InChI=1S/C26H29BrN2O3S/c27-20-8-9-23-22(15-20)26(12-2-1-3-13-26)18-29(23)24(30)19-6-4-7-21(14-19)33(31,32)28-16-25(17-28)10-5-11-25/h4,6-9,14-15H,1-3,5,10-13,16-18H2. The molecule has 6 rings (SSSR count). The Morgan fingerprint density at radius 2 is 1.64 bits per heavy atom. The Hall–Kier alpha value is -1.70. The number of rotatable bonds is 3. The molecule has 33 heavy (non-hydrogen) atoms. The fourth-order valence-electron chi connectivity index (χ4n) is 6.44. The summed E-state index contributed by atoms with van der Waals surface area (Å²) in [7, 11) is -3.57. The number of amides is 1. The van der Waals surface area contributed by atoms with Crippen LogP contribution in [0.4, 0.5) is 5.69 Å². The van der Waals surface area contributed by atoms with Gasteiger partial charge in [-0.1, -0.05) is 47.7 Å². The lowest BCUT2D eigenvalue weighted by Gasteiger charge is -2.54. The molecule has 2 aromatic carbocycles. The van der Waals surface area contributed by atoms with E-state index >= 15 is 0 Å². The number of nitrogens with zero attached hydrogens (tertiary/aromatic N) is 2. The van der Waals surface area contributed by atoms with Gasteiger partial charge in [-0.25, -0.2) is 8.42 Å². The van der Waals surface area contributed by atoms with E-state index in [0.29, 0.717) is 25.2 Å². The van der Waals surface area contributed by atoms with E-state index < -0.39 is 10.0 Å². The van der Waals surface area contributed by atoms with Crippen molar-refractivity contribution < 1.29 is 13.2 Å². The fourth-order valence-corrected chi connectivity index (χ4v) is 8.51. The van der Waals surface area contributed by atoms with Crippen molar-refractivity contribution in [1.29, 1.82) is 0 Å². The Kier molecular flexibility index (Phi) is 5.06. The molecule has 0 unspecified atom stereocenters. The summed E-state index contributed by atoms with van der Waals surface area (Å²) in [5, 5.41) is 0. The second kappa shape index (κ2) is 7.65. The first-order valence-electron chi connectivity index (χ1n) is 12.0. The average Bonchev–Trinajstić information content (AvgIpc) is 3.05. The van der Waals surface area contributed by atoms with E-state index in [2.05, 4.69) is 22.0 Å². The maximum atomic E-state index is 13.7. The van der Waals surface area contributed by atoms with Crippen LogP contribution in [0.2, 0.25) is 0 Å². The summed E-state index contributed by atoms with van der Waals surface area (Å²) in [5.74, 6) is -0.114. The second-order valence-corrected chi connectivity index (χ2v) is 13.4. The van der Waals surface area contributed by atoms with Gasteiger partial charge in [0.15, 0.2) is 0 Å². The molecular formula is C26H29BrN2O3S. The normalized spacial score (nSPS) is 23.2. The highest BCUT2D eigenvalue weighted by Gasteiger charge is 2.51. The van der Waals surface area contributed by atoms with E-state index in [0.717, 1.165) is 35.8 Å². The summed E-state index contributed by atoms with van der Waals surface area (Å²) in [4.78, 5) is 15.8. The minimum Gasteiger partial charge on any atom is -0.307 e. The van der Waals surface area contributed by atoms with Gasteiger partial charge in [-0.05, 0) is 73.1 Å². The molecule has 3 fully saturated rings. The summed E-state index contributed by atoms with van der Waals surface area (Å²) in [5.41, 5.74) is 2.89. The van der Waals surface area contributed by atoms with Gasteiger partial charge in [0.2, 0.25) is 10.0 Å². The van der Waals surface area contributed by atoms with Crippen molar-refractivity contribution in [3.63, 3.8) is 0 Å². The predicted molar refractivity (Wildman–Crippen MR) is 132 cm³/mol.